The summed E-state index contributed by atoms with van der Waals surface area (Å²) in [5, 5.41) is 0. The molecule has 0 fully saturated rings. The fourth-order valence-electron chi connectivity index (χ4n) is 1.08. The van der Waals surface area contributed by atoms with Crippen molar-refractivity contribution in [1.29, 1.82) is 0 Å². The highest BCUT2D eigenvalue weighted by molar-refractivity contribution is 9.09. The van der Waals surface area contributed by atoms with Crippen molar-refractivity contribution >= 4 is 15.9 Å². The fraction of sp³-hybridized carbons (Fsp3) is 1.00. The average Bonchev–Trinajstić information content (AvgIpc) is 2.17. The topological polar surface area (TPSA) is 27.7 Å². The number of unbranched alkanes of at least 4 members (excludes halogenated alkanes) is 1. The molecular weight excluding hydrogens is 248 g/mol. The van der Waals surface area contributed by atoms with Gasteiger partial charge >= 0.3 is 0 Å². The van der Waals surface area contributed by atoms with Crippen molar-refractivity contribution < 1.29 is 14.2 Å². The summed E-state index contributed by atoms with van der Waals surface area (Å²) in [7, 11) is 3.41. The Hall–Kier alpha value is 0.360. The molecule has 0 radical (unpaired) electrons. The number of hydrogen-bond donors (Lipinski definition) is 0. The van der Waals surface area contributed by atoms with Crippen molar-refractivity contribution in [3.05, 3.63) is 0 Å². The van der Waals surface area contributed by atoms with Crippen LogP contribution in [0.1, 0.15) is 19.3 Å². The van der Waals surface area contributed by atoms with Gasteiger partial charge in [-0.1, -0.05) is 15.9 Å². The standard InChI is InChI=1S/C10H21BrO3/c1-12-7-8-14-6-4-3-5-10(11)9-13-2/h10H,3-9H2,1-2H3. The molecule has 1 atom stereocenters. The molecule has 0 rings (SSSR count). The second-order valence-corrected chi connectivity index (χ2v) is 4.45. The molecule has 0 N–H and O–H groups in total. The van der Waals surface area contributed by atoms with Gasteiger partial charge in [-0.2, -0.15) is 0 Å². The van der Waals surface area contributed by atoms with E-state index in [4.69, 9.17) is 14.2 Å². The molecule has 0 spiro atoms. The van der Waals surface area contributed by atoms with E-state index in [1.54, 1.807) is 14.2 Å². The summed E-state index contributed by atoms with van der Waals surface area (Å²) < 4.78 is 15.2. The SMILES string of the molecule is COCCOCCCCC(Br)COC. The molecule has 0 aliphatic rings. The lowest BCUT2D eigenvalue weighted by atomic mass is 10.2. The van der Waals surface area contributed by atoms with Crippen LogP contribution in [0, 0.1) is 0 Å². The van der Waals surface area contributed by atoms with E-state index in [0.717, 1.165) is 26.1 Å². The van der Waals surface area contributed by atoms with E-state index in [-0.39, 0.29) is 0 Å². The van der Waals surface area contributed by atoms with Gasteiger partial charge < -0.3 is 14.2 Å². The molecule has 3 nitrogen and oxygen atoms in total. The Morgan fingerprint density at radius 2 is 1.79 bits per heavy atom. The van der Waals surface area contributed by atoms with Crippen LogP contribution in [0.3, 0.4) is 0 Å². The largest absolute Gasteiger partial charge is 0.384 e. The summed E-state index contributed by atoms with van der Waals surface area (Å²) in [6.07, 6.45) is 3.42. The molecule has 4 heteroatoms. The first-order valence-corrected chi connectivity index (χ1v) is 5.92. The Morgan fingerprint density at radius 3 is 2.43 bits per heavy atom. The Labute approximate surface area is 95.2 Å². The van der Waals surface area contributed by atoms with Crippen molar-refractivity contribution in [2.45, 2.75) is 24.1 Å². The average molecular weight is 269 g/mol. The number of alkyl halides is 1. The maximum Gasteiger partial charge on any atom is 0.0700 e. The summed E-state index contributed by atoms with van der Waals surface area (Å²) in [6, 6.07) is 0. The molecular formula is C10H21BrO3. The number of ether oxygens (including phenoxy) is 3. The van der Waals surface area contributed by atoms with Gasteiger partial charge in [0.1, 0.15) is 0 Å². The third-order valence-electron chi connectivity index (χ3n) is 1.84. The second kappa shape index (κ2) is 11.4. The van der Waals surface area contributed by atoms with Gasteiger partial charge in [-0.25, -0.2) is 0 Å². The van der Waals surface area contributed by atoms with E-state index in [1.165, 1.54) is 6.42 Å². The molecule has 1 unspecified atom stereocenters. The lowest BCUT2D eigenvalue weighted by Crippen LogP contribution is -2.07. The van der Waals surface area contributed by atoms with Crippen LogP contribution in [-0.2, 0) is 14.2 Å². The van der Waals surface area contributed by atoms with Crippen molar-refractivity contribution in [1.82, 2.24) is 0 Å². The maximum atomic E-state index is 5.34. The zero-order chi connectivity index (χ0) is 10.6. The molecule has 14 heavy (non-hydrogen) atoms. The van der Waals surface area contributed by atoms with Crippen molar-refractivity contribution in [3.8, 4) is 0 Å². The lowest BCUT2D eigenvalue weighted by Gasteiger charge is -2.08. The summed E-state index contributed by atoms with van der Waals surface area (Å²) in [4.78, 5) is 0.478. The molecule has 0 bridgehead atoms. The fourth-order valence-corrected chi connectivity index (χ4v) is 1.67. The van der Waals surface area contributed by atoms with Crippen LogP contribution in [0.4, 0.5) is 0 Å². The number of hydrogen-bond acceptors (Lipinski definition) is 3. The van der Waals surface area contributed by atoms with Crippen LogP contribution in [0.5, 0.6) is 0 Å². The summed E-state index contributed by atoms with van der Waals surface area (Å²) >= 11 is 3.55. The predicted octanol–water partition coefficient (Wildman–Crippen LogP) is 2.23. The van der Waals surface area contributed by atoms with Gasteiger partial charge in [0.2, 0.25) is 0 Å². The van der Waals surface area contributed by atoms with Crippen LogP contribution in [0.2, 0.25) is 0 Å². The molecule has 0 aromatic carbocycles. The zero-order valence-electron chi connectivity index (χ0n) is 9.13. The van der Waals surface area contributed by atoms with Gasteiger partial charge in [0, 0.05) is 25.7 Å². The van der Waals surface area contributed by atoms with Crippen molar-refractivity contribution in [2.75, 3.05) is 40.6 Å². The Morgan fingerprint density at radius 1 is 1.00 bits per heavy atom. The van der Waals surface area contributed by atoms with Crippen LogP contribution < -0.4 is 0 Å². The number of methoxy groups -OCH3 is 2. The predicted molar refractivity (Wildman–Crippen MR) is 61.1 cm³/mol. The Kier molecular flexibility index (Phi) is 11.7. The van der Waals surface area contributed by atoms with Gasteiger partial charge in [0.15, 0.2) is 0 Å². The van der Waals surface area contributed by atoms with Gasteiger partial charge in [-0.15, -0.1) is 0 Å². The van der Waals surface area contributed by atoms with E-state index in [1.807, 2.05) is 0 Å². The van der Waals surface area contributed by atoms with E-state index in [0.29, 0.717) is 18.0 Å². The Balaban J connectivity index is 2.98. The third-order valence-corrected chi connectivity index (χ3v) is 2.56. The van der Waals surface area contributed by atoms with Gasteiger partial charge in [-0.05, 0) is 19.3 Å². The first-order chi connectivity index (χ1) is 6.81. The van der Waals surface area contributed by atoms with Crippen LogP contribution in [-0.4, -0.2) is 45.5 Å². The van der Waals surface area contributed by atoms with Crippen molar-refractivity contribution in [2.24, 2.45) is 0 Å². The third kappa shape index (κ3) is 10.4. The van der Waals surface area contributed by atoms with E-state index in [2.05, 4.69) is 15.9 Å². The van der Waals surface area contributed by atoms with Crippen LogP contribution in [0.15, 0.2) is 0 Å². The summed E-state index contributed by atoms with van der Waals surface area (Å²) in [5.41, 5.74) is 0. The minimum atomic E-state index is 0.478. The molecule has 0 saturated heterocycles. The van der Waals surface area contributed by atoms with Crippen LogP contribution >= 0.6 is 15.9 Å². The molecule has 0 heterocycles. The molecule has 0 aliphatic heterocycles. The highest BCUT2D eigenvalue weighted by atomic mass is 79.9. The summed E-state index contributed by atoms with van der Waals surface area (Å²) in [5.74, 6) is 0. The first kappa shape index (κ1) is 14.4. The molecule has 86 valence electrons. The lowest BCUT2D eigenvalue weighted by molar-refractivity contribution is 0.0684. The highest BCUT2D eigenvalue weighted by Gasteiger charge is 2.02. The van der Waals surface area contributed by atoms with Crippen LogP contribution in [0.25, 0.3) is 0 Å². The first-order valence-electron chi connectivity index (χ1n) is 5.01. The van der Waals surface area contributed by atoms with E-state index < -0.39 is 0 Å². The van der Waals surface area contributed by atoms with Gasteiger partial charge in [0.25, 0.3) is 0 Å². The van der Waals surface area contributed by atoms with E-state index >= 15 is 0 Å². The zero-order valence-corrected chi connectivity index (χ0v) is 10.7. The maximum absolute atomic E-state index is 5.34. The molecule has 0 saturated carbocycles. The number of halogens is 1. The van der Waals surface area contributed by atoms with Gasteiger partial charge in [-0.3, -0.25) is 0 Å². The Bertz CT molecular complexity index is 112. The second-order valence-electron chi connectivity index (χ2n) is 3.15. The monoisotopic (exact) mass is 268 g/mol. The normalized spacial score (nSPS) is 13.1. The minimum Gasteiger partial charge on any atom is -0.384 e. The van der Waals surface area contributed by atoms with E-state index in [9.17, 15) is 0 Å². The molecule has 0 amide bonds. The molecule has 0 aliphatic carbocycles. The molecule has 0 aromatic heterocycles. The molecule has 0 aromatic rings. The smallest absolute Gasteiger partial charge is 0.0700 e. The van der Waals surface area contributed by atoms with Crippen molar-refractivity contribution in [3.63, 3.8) is 0 Å². The number of rotatable bonds is 10. The quantitative estimate of drug-likeness (QED) is 0.449. The van der Waals surface area contributed by atoms with Gasteiger partial charge in [0.05, 0.1) is 19.8 Å². The summed E-state index contributed by atoms with van der Waals surface area (Å²) in [6.45, 7) is 3.00. The highest BCUT2D eigenvalue weighted by Crippen LogP contribution is 2.09. The minimum absolute atomic E-state index is 0.478.